The topological polar surface area (TPSA) is 82.7 Å². The van der Waals surface area contributed by atoms with Crippen LogP contribution in [0.1, 0.15) is 37.3 Å². The summed E-state index contributed by atoms with van der Waals surface area (Å²) in [5, 5.41) is 18.4. The number of nitrogens with one attached hydrogen (secondary N) is 2. The lowest BCUT2D eigenvalue weighted by molar-refractivity contribution is 0.307. The summed E-state index contributed by atoms with van der Waals surface area (Å²) in [4.78, 5) is 17.3. The largest absolute Gasteiger partial charge is 0.343 e. The molecule has 2 fully saturated rings. The minimum absolute atomic E-state index is 0.142. The molecule has 2 saturated heterocycles. The van der Waals surface area contributed by atoms with Gasteiger partial charge in [-0.3, -0.25) is 13.7 Å². The normalized spacial score (nSPS) is 23.6. The van der Waals surface area contributed by atoms with Crippen molar-refractivity contribution in [2.75, 3.05) is 5.32 Å². The van der Waals surface area contributed by atoms with Gasteiger partial charge < -0.3 is 10.6 Å². The molecule has 2 aliphatic rings. The number of hydrogen-bond donors (Lipinski definition) is 2. The van der Waals surface area contributed by atoms with E-state index in [4.69, 9.17) is 11.6 Å². The van der Waals surface area contributed by atoms with Gasteiger partial charge in [0.2, 0.25) is 0 Å². The number of fused-ring (bicyclic) bond motifs is 3. The van der Waals surface area contributed by atoms with Crippen LogP contribution >= 0.6 is 23.1 Å². The summed E-state index contributed by atoms with van der Waals surface area (Å²) < 4.78 is 1.78. The van der Waals surface area contributed by atoms with Crippen molar-refractivity contribution in [2.45, 2.75) is 43.8 Å². The number of anilines is 2. The summed E-state index contributed by atoms with van der Waals surface area (Å²) in [7, 11) is 0. The van der Waals surface area contributed by atoms with Gasteiger partial charge in [0.1, 0.15) is 11.1 Å². The van der Waals surface area contributed by atoms with Gasteiger partial charge in [0.25, 0.3) is 5.56 Å². The van der Waals surface area contributed by atoms with E-state index in [-0.39, 0.29) is 17.2 Å². The summed E-state index contributed by atoms with van der Waals surface area (Å²) in [5.74, 6) is 0. The summed E-state index contributed by atoms with van der Waals surface area (Å²) in [5.41, 5.74) is 1.40. The molecule has 2 aromatic heterocycles. The number of piperidine rings is 1. The fourth-order valence-corrected chi connectivity index (χ4v) is 5.68. The lowest BCUT2D eigenvalue weighted by atomic mass is 10.0. The van der Waals surface area contributed by atoms with E-state index in [2.05, 4.69) is 21.7 Å². The van der Waals surface area contributed by atoms with Crippen LogP contribution in [0.5, 0.6) is 0 Å². The minimum atomic E-state index is -0.212. The third-order valence-electron chi connectivity index (χ3n) is 5.70. The average molecular weight is 412 g/mol. The molecule has 0 aliphatic carbocycles. The van der Waals surface area contributed by atoms with Crippen LogP contribution in [0.25, 0.3) is 10.9 Å². The summed E-state index contributed by atoms with van der Waals surface area (Å²) >= 11 is 7.75. The van der Waals surface area contributed by atoms with Gasteiger partial charge in [-0.25, -0.2) is 0 Å². The first kappa shape index (κ1) is 17.7. The van der Waals surface area contributed by atoms with Gasteiger partial charge in [-0.1, -0.05) is 11.6 Å². The van der Waals surface area contributed by atoms with Crippen LogP contribution in [-0.2, 0) is 0 Å². The lowest BCUT2D eigenvalue weighted by Crippen LogP contribution is -2.40. The molecule has 0 amide bonds. The van der Waals surface area contributed by atoms with Crippen LogP contribution in [0.3, 0.4) is 0 Å². The molecule has 3 aromatic rings. The van der Waals surface area contributed by atoms with Crippen molar-refractivity contribution in [3.8, 4) is 6.07 Å². The van der Waals surface area contributed by atoms with Gasteiger partial charge in [0, 0.05) is 23.7 Å². The Labute approximate surface area is 170 Å². The van der Waals surface area contributed by atoms with Gasteiger partial charge in [0.05, 0.1) is 22.3 Å². The van der Waals surface area contributed by atoms with Gasteiger partial charge in [-0.2, -0.15) is 5.26 Å². The van der Waals surface area contributed by atoms with Crippen LogP contribution in [0.2, 0.25) is 5.02 Å². The highest BCUT2D eigenvalue weighted by Crippen LogP contribution is 2.38. The Balaban J connectivity index is 1.56. The van der Waals surface area contributed by atoms with Gasteiger partial charge in [-0.15, -0.1) is 0 Å². The number of pyridine rings is 1. The molecule has 2 bridgehead atoms. The molecule has 0 spiro atoms. The smallest absolute Gasteiger partial charge is 0.281 e. The molecule has 6 nitrogen and oxygen atoms in total. The third kappa shape index (κ3) is 2.89. The average Bonchev–Trinajstić information content (AvgIpc) is 3.22. The molecule has 142 valence electrons. The third-order valence-corrected chi connectivity index (χ3v) is 7.16. The zero-order valence-electron chi connectivity index (χ0n) is 15.0. The minimum Gasteiger partial charge on any atom is -0.343 e. The van der Waals surface area contributed by atoms with Gasteiger partial charge >= 0.3 is 0 Å². The van der Waals surface area contributed by atoms with Crippen molar-refractivity contribution in [1.82, 2.24) is 14.3 Å². The number of benzene rings is 1. The van der Waals surface area contributed by atoms with Gasteiger partial charge in [0.15, 0.2) is 5.56 Å². The van der Waals surface area contributed by atoms with E-state index in [1.807, 2.05) is 18.2 Å². The molecule has 4 heterocycles. The molecule has 2 atom stereocenters. The molecule has 0 saturated carbocycles. The first-order valence-corrected chi connectivity index (χ1v) is 10.5. The van der Waals surface area contributed by atoms with Crippen LogP contribution in [0.15, 0.2) is 35.3 Å². The highest BCUT2D eigenvalue weighted by atomic mass is 35.5. The highest BCUT2D eigenvalue weighted by molar-refractivity contribution is 7.11. The Bertz CT molecular complexity index is 1150. The quantitative estimate of drug-likeness (QED) is 0.675. The Morgan fingerprint density at radius 1 is 1.29 bits per heavy atom. The molecular formula is C20H18ClN5OS. The zero-order valence-corrected chi connectivity index (χ0v) is 16.6. The fourth-order valence-electron chi connectivity index (χ4n) is 4.40. The molecule has 2 aliphatic heterocycles. The number of rotatable bonds is 3. The maximum atomic E-state index is 12.9. The van der Waals surface area contributed by atoms with Crippen LogP contribution in [0, 0.1) is 11.3 Å². The van der Waals surface area contributed by atoms with Gasteiger partial charge in [-0.05, 0) is 61.5 Å². The number of hydrogen-bond acceptors (Lipinski definition) is 6. The Hall–Kier alpha value is -2.40. The van der Waals surface area contributed by atoms with E-state index >= 15 is 0 Å². The number of nitrogens with zero attached hydrogens (tertiary/aromatic N) is 3. The van der Waals surface area contributed by atoms with E-state index in [9.17, 15) is 10.1 Å². The Morgan fingerprint density at radius 2 is 2.07 bits per heavy atom. The van der Waals surface area contributed by atoms with Crippen LogP contribution in [0.4, 0.5) is 10.7 Å². The summed E-state index contributed by atoms with van der Waals surface area (Å²) in [6.45, 7) is 0. The molecule has 5 rings (SSSR count). The van der Waals surface area contributed by atoms with Crippen LogP contribution in [-0.4, -0.2) is 21.0 Å². The summed E-state index contributed by atoms with van der Waals surface area (Å²) in [6.07, 6.45) is 5.91. The van der Waals surface area contributed by atoms with E-state index in [1.54, 1.807) is 16.2 Å². The Morgan fingerprint density at radius 3 is 2.82 bits per heavy atom. The number of nitriles is 1. The van der Waals surface area contributed by atoms with Crippen molar-refractivity contribution < 1.29 is 0 Å². The second-order valence-electron chi connectivity index (χ2n) is 7.42. The number of halogens is 1. The molecule has 8 heteroatoms. The molecule has 0 radical (unpaired) electrons. The SMILES string of the molecule is N#Cc1c(Nc2c(Cl)ccc3ncccc23)sn(C2CC3CCC(C2)N3)c1=O. The standard InChI is InChI=1S/C20H18ClN5OS/c21-16-5-6-17-14(2-1-7-23-17)18(16)25-19-15(10-22)20(27)26(28-19)13-8-11-3-4-12(9-13)24-11/h1-2,5-7,11-13,24-25H,3-4,8-9H2. The lowest BCUT2D eigenvalue weighted by Gasteiger charge is -2.28. The van der Waals surface area contributed by atoms with Crippen molar-refractivity contribution in [3.63, 3.8) is 0 Å². The predicted molar refractivity (Wildman–Crippen MR) is 112 cm³/mol. The van der Waals surface area contributed by atoms with E-state index < -0.39 is 0 Å². The second-order valence-corrected chi connectivity index (χ2v) is 8.81. The van der Waals surface area contributed by atoms with Crippen molar-refractivity contribution >= 4 is 44.7 Å². The first-order chi connectivity index (χ1) is 13.6. The van der Waals surface area contributed by atoms with Crippen LogP contribution < -0.4 is 16.2 Å². The highest BCUT2D eigenvalue weighted by Gasteiger charge is 2.36. The zero-order chi connectivity index (χ0) is 19.3. The molecule has 28 heavy (non-hydrogen) atoms. The Kier molecular flexibility index (Phi) is 4.35. The maximum Gasteiger partial charge on any atom is 0.281 e. The summed E-state index contributed by atoms with van der Waals surface area (Å²) in [6, 6.07) is 10.6. The molecular weight excluding hydrogens is 394 g/mol. The molecule has 1 aromatic carbocycles. The van der Waals surface area contributed by atoms with Crippen molar-refractivity contribution in [2.24, 2.45) is 0 Å². The van der Waals surface area contributed by atoms with E-state index in [1.165, 1.54) is 11.5 Å². The van der Waals surface area contributed by atoms with E-state index in [0.29, 0.717) is 27.8 Å². The fraction of sp³-hybridized carbons (Fsp3) is 0.350. The van der Waals surface area contributed by atoms with Crippen molar-refractivity contribution in [3.05, 3.63) is 51.4 Å². The second kappa shape index (κ2) is 6.89. The molecule has 2 unspecified atom stereocenters. The first-order valence-electron chi connectivity index (χ1n) is 9.36. The monoisotopic (exact) mass is 411 g/mol. The van der Waals surface area contributed by atoms with Crippen molar-refractivity contribution in [1.29, 1.82) is 5.26 Å². The predicted octanol–water partition coefficient (Wildman–Crippen LogP) is 4.18. The van der Waals surface area contributed by atoms with E-state index in [0.717, 1.165) is 36.6 Å². The molecule has 2 N–H and O–H groups in total. The maximum absolute atomic E-state index is 12.9. The number of aromatic nitrogens is 2.